The Morgan fingerprint density at radius 3 is 2.14 bits per heavy atom. The van der Waals surface area contributed by atoms with Gasteiger partial charge in [0.2, 0.25) is 11.8 Å². The molecule has 2 aliphatic rings. The Hall–Kier alpha value is -1.99. The number of hydrogen-bond donors (Lipinski definition) is 2. The molecule has 2 amide bonds. The van der Waals surface area contributed by atoms with E-state index in [2.05, 4.69) is 27.4 Å². The monoisotopic (exact) mass is 390 g/mol. The molecule has 0 bridgehead atoms. The van der Waals surface area contributed by atoms with E-state index in [9.17, 15) is 14.0 Å². The van der Waals surface area contributed by atoms with Crippen LogP contribution in [-0.2, 0) is 9.59 Å². The van der Waals surface area contributed by atoms with Crippen LogP contribution in [0.2, 0.25) is 0 Å². The van der Waals surface area contributed by atoms with Gasteiger partial charge >= 0.3 is 0 Å². The number of nitrogens with zero attached hydrogens (tertiary/aromatic N) is 2. The zero-order valence-corrected chi connectivity index (χ0v) is 16.6. The molecule has 3 rings (SSSR count). The Balaban J connectivity index is 1.35. The standard InChI is InChI=1S/C21H31FN4O2/c1-16-4-2-3-5-19(16)24-21(28)15-26-12-10-25(11-13-26)14-20(27)23-18-8-6-17(22)7-9-18/h6-9,16,19H,2-5,10-15H2,1H3,(H,23,27)(H,24,28). The third kappa shape index (κ3) is 6.27. The summed E-state index contributed by atoms with van der Waals surface area (Å²) in [5.41, 5.74) is 0.596. The van der Waals surface area contributed by atoms with Gasteiger partial charge in [-0.2, -0.15) is 0 Å². The SMILES string of the molecule is CC1CCCCC1NC(=O)CN1CCN(CC(=O)Nc2ccc(F)cc2)CC1. The first-order valence-electron chi connectivity index (χ1n) is 10.3. The number of carbonyl (C=O) groups excluding carboxylic acids is 2. The van der Waals surface area contributed by atoms with E-state index in [1.54, 1.807) is 12.1 Å². The maximum absolute atomic E-state index is 12.9. The summed E-state index contributed by atoms with van der Waals surface area (Å²) in [4.78, 5) is 28.7. The highest BCUT2D eigenvalue weighted by molar-refractivity contribution is 5.92. The Labute approximate surface area is 166 Å². The molecule has 0 spiro atoms. The summed E-state index contributed by atoms with van der Waals surface area (Å²) in [6, 6.07) is 6.08. The van der Waals surface area contributed by atoms with E-state index in [4.69, 9.17) is 0 Å². The summed E-state index contributed by atoms with van der Waals surface area (Å²) in [5.74, 6) is 0.246. The number of carbonyl (C=O) groups is 2. The molecule has 2 atom stereocenters. The van der Waals surface area contributed by atoms with Gasteiger partial charge in [0, 0.05) is 37.9 Å². The molecule has 154 valence electrons. The van der Waals surface area contributed by atoms with Gasteiger partial charge < -0.3 is 10.6 Å². The number of hydrogen-bond acceptors (Lipinski definition) is 4. The van der Waals surface area contributed by atoms with Gasteiger partial charge in [-0.05, 0) is 43.0 Å². The van der Waals surface area contributed by atoms with Crippen LogP contribution in [0.1, 0.15) is 32.6 Å². The zero-order chi connectivity index (χ0) is 19.9. The number of rotatable bonds is 6. The molecular formula is C21H31FN4O2. The minimum absolute atomic E-state index is 0.107. The van der Waals surface area contributed by atoms with Crippen LogP contribution in [-0.4, -0.2) is 66.9 Å². The van der Waals surface area contributed by atoms with Crippen molar-refractivity contribution < 1.29 is 14.0 Å². The van der Waals surface area contributed by atoms with Gasteiger partial charge in [-0.3, -0.25) is 19.4 Å². The van der Waals surface area contributed by atoms with Crippen LogP contribution >= 0.6 is 0 Å². The molecule has 0 radical (unpaired) electrons. The van der Waals surface area contributed by atoms with Gasteiger partial charge in [-0.1, -0.05) is 19.8 Å². The maximum atomic E-state index is 12.9. The van der Waals surface area contributed by atoms with Gasteiger partial charge in [0.1, 0.15) is 5.82 Å². The Kier molecular flexibility index (Phi) is 7.39. The smallest absolute Gasteiger partial charge is 0.238 e. The average Bonchev–Trinajstić information content (AvgIpc) is 2.67. The second-order valence-electron chi connectivity index (χ2n) is 8.04. The van der Waals surface area contributed by atoms with Crippen molar-refractivity contribution in [1.29, 1.82) is 0 Å². The lowest BCUT2D eigenvalue weighted by atomic mass is 9.86. The minimum atomic E-state index is -0.323. The molecular weight excluding hydrogens is 359 g/mol. The lowest BCUT2D eigenvalue weighted by Crippen LogP contribution is -2.52. The third-order valence-electron chi connectivity index (χ3n) is 5.79. The van der Waals surface area contributed by atoms with Crippen LogP contribution in [0.4, 0.5) is 10.1 Å². The summed E-state index contributed by atoms with van der Waals surface area (Å²) in [6.07, 6.45) is 4.76. The molecule has 1 aromatic carbocycles. The molecule has 2 fully saturated rings. The number of anilines is 1. The lowest BCUT2D eigenvalue weighted by Gasteiger charge is -2.35. The van der Waals surface area contributed by atoms with Crippen molar-refractivity contribution in [2.24, 2.45) is 5.92 Å². The first-order valence-corrected chi connectivity index (χ1v) is 10.3. The van der Waals surface area contributed by atoms with Crippen molar-refractivity contribution in [3.8, 4) is 0 Å². The minimum Gasteiger partial charge on any atom is -0.352 e. The van der Waals surface area contributed by atoms with Crippen molar-refractivity contribution in [2.75, 3.05) is 44.6 Å². The highest BCUT2D eigenvalue weighted by Gasteiger charge is 2.25. The summed E-state index contributed by atoms with van der Waals surface area (Å²) < 4.78 is 12.9. The summed E-state index contributed by atoms with van der Waals surface area (Å²) in [6.45, 7) is 6.01. The summed E-state index contributed by atoms with van der Waals surface area (Å²) >= 11 is 0. The van der Waals surface area contributed by atoms with E-state index in [0.29, 0.717) is 30.7 Å². The number of amides is 2. The van der Waals surface area contributed by atoms with Crippen molar-refractivity contribution >= 4 is 17.5 Å². The van der Waals surface area contributed by atoms with Gasteiger partial charge in [-0.15, -0.1) is 0 Å². The first-order chi connectivity index (χ1) is 13.5. The molecule has 0 aromatic heterocycles. The fraction of sp³-hybridized carbons (Fsp3) is 0.619. The predicted octanol–water partition coefficient (Wildman–Crippen LogP) is 2.08. The molecule has 2 unspecified atom stereocenters. The first kappa shape index (κ1) is 20.7. The maximum Gasteiger partial charge on any atom is 0.238 e. The Morgan fingerprint density at radius 2 is 1.54 bits per heavy atom. The lowest BCUT2D eigenvalue weighted by molar-refractivity contribution is -0.124. The zero-order valence-electron chi connectivity index (χ0n) is 16.6. The quantitative estimate of drug-likeness (QED) is 0.781. The summed E-state index contributed by atoms with van der Waals surface area (Å²) in [7, 11) is 0. The van der Waals surface area contributed by atoms with Crippen LogP contribution in [0.15, 0.2) is 24.3 Å². The molecule has 1 saturated carbocycles. The molecule has 7 heteroatoms. The normalized spacial score (nSPS) is 23.9. The largest absolute Gasteiger partial charge is 0.352 e. The van der Waals surface area contributed by atoms with Gasteiger partial charge in [0.25, 0.3) is 0 Å². The number of halogens is 1. The number of nitrogens with one attached hydrogen (secondary N) is 2. The fourth-order valence-corrected chi connectivity index (χ4v) is 4.03. The van der Waals surface area contributed by atoms with Crippen LogP contribution in [0.3, 0.4) is 0 Å². The van der Waals surface area contributed by atoms with Crippen LogP contribution < -0.4 is 10.6 Å². The third-order valence-corrected chi connectivity index (χ3v) is 5.79. The molecule has 1 aromatic rings. The van der Waals surface area contributed by atoms with Crippen molar-refractivity contribution in [3.05, 3.63) is 30.1 Å². The number of benzene rings is 1. The number of piperazine rings is 1. The van der Waals surface area contributed by atoms with Crippen molar-refractivity contribution in [2.45, 2.75) is 38.6 Å². The Bertz CT molecular complexity index is 659. The second-order valence-corrected chi connectivity index (χ2v) is 8.04. The molecule has 6 nitrogen and oxygen atoms in total. The van der Waals surface area contributed by atoms with E-state index < -0.39 is 0 Å². The van der Waals surface area contributed by atoms with Crippen molar-refractivity contribution in [1.82, 2.24) is 15.1 Å². The molecule has 1 saturated heterocycles. The molecule has 1 heterocycles. The highest BCUT2D eigenvalue weighted by atomic mass is 19.1. The van der Waals surface area contributed by atoms with Gasteiger partial charge in [0.05, 0.1) is 13.1 Å². The van der Waals surface area contributed by atoms with Crippen LogP contribution in [0.25, 0.3) is 0 Å². The topological polar surface area (TPSA) is 64.7 Å². The van der Waals surface area contributed by atoms with Gasteiger partial charge in [0.15, 0.2) is 0 Å². The highest BCUT2D eigenvalue weighted by Crippen LogP contribution is 2.23. The van der Waals surface area contributed by atoms with E-state index >= 15 is 0 Å². The molecule has 28 heavy (non-hydrogen) atoms. The predicted molar refractivity (Wildman–Crippen MR) is 107 cm³/mol. The molecule has 1 aliphatic heterocycles. The van der Waals surface area contributed by atoms with Crippen LogP contribution in [0.5, 0.6) is 0 Å². The fourth-order valence-electron chi connectivity index (χ4n) is 4.03. The van der Waals surface area contributed by atoms with Crippen molar-refractivity contribution in [3.63, 3.8) is 0 Å². The second kappa shape index (κ2) is 9.98. The molecule has 1 aliphatic carbocycles. The Morgan fingerprint density at radius 1 is 0.964 bits per heavy atom. The van der Waals surface area contributed by atoms with E-state index in [0.717, 1.165) is 32.6 Å². The van der Waals surface area contributed by atoms with E-state index in [1.807, 2.05) is 0 Å². The van der Waals surface area contributed by atoms with Gasteiger partial charge in [-0.25, -0.2) is 4.39 Å². The summed E-state index contributed by atoms with van der Waals surface area (Å²) in [5, 5.41) is 5.99. The van der Waals surface area contributed by atoms with Crippen LogP contribution in [0, 0.1) is 11.7 Å². The van der Waals surface area contributed by atoms with E-state index in [-0.39, 0.29) is 17.6 Å². The van der Waals surface area contributed by atoms with E-state index in [1.165, 1.54) is 31.4 Å². The molecule has 2 N–H and O–H groups in total. The average molecular weight is 391 g/mol.